The molecule has 66 valence electrons. The molecule has 3 nitrogen and oxygen atoms in total. The normalized spacial score (nSPS) is 12.9. The van der Waals surface area contributed by atoms with Gasteiger partial charge in [0.15, 0.2) is 0 Å². The zero-order chi connectivity index (χ0) is 8.97. The van der Waals surface area contributed by atoms with Crippen molar-refractivity contribution in [1.82, 2.24) is 9.97 Å². The molecule has 1 N–H and O–H groups in total. The molecule has 1 aromatic rings. The molecule has 0 saturated carbocycles. The lowest BCUT2D eigenvalue weighted by molar-refractivity contribution is 0.169. The van der Waals surface area contributed by atoms with Gasteiger partial charge in [-0.1, -0.05) is 6.92 Å². The Morgan fingerprint density at radius 1 is 1.58 bits per heavy atom. The summed E-state index contributed by atoms with van der Waals surface area (Å²) in [5.41, 5.74) is 0.914. The third-order valence-electron chi connectivity index (χ3n) is 1.75. The molecular formula is C9H14N2O. The third-order valence-corrected chi connectivity index (χ3v) is 1.75. The fraction of sp³-hybridized carbons (Fsp3) is 0.556. The first-order valence-corrected chi connectivity index (χ1v) is 4.19. The van der Waals surface area contributed by atoms with Crippen molar-refractivity contribution in [3.8, 4) is 0 Å². The lowest BCUT2D eigenvalue weighted by atomic mass is 10.1. The predicted octanol–water partition coefficient (Wildman–Crippen LogP) is 1.10. The smallest absolute Gasteiger partial charge is 0.125 e. The Kier molecular flexibility index (Phi) is 3.17. The molecule has 0 spiro atoms. The maximum Gasteiger partial charge on any atom is 0.125 e. The van der Waals surface area contributed by atoms with Gasteiger partial charge in [-0.25, -0.2) is 9.97 Å². The summed E-state index contributed by atoms with van der Waals surface area (Å²) in [6.07, 6.45) is 2.84. The van der Waals surface area contributed by atoms with E-state index in [4.69, 9.17) is 0 Å². The number of aliphatic hydroxyl groups is 1. The van der Waals surface area contributed by atoms with Gasteiger partial charge in [-0.15, -0.1) is 0 Å². The SMILES string of the molecule is CCC(O)Cc1ccnc(C)n1. The van der Waals surface area contributed by atoms with Crippen LogP contribution in [0.5, 0.6) is 0 Å². The van der Waals surface area contributed by atoms with Gasteiger partial charge in [-0.3, -0.25) is 0 Å². The van der Waals surface area contributed by atoms with E-state index in [9.17, 15) is 5.11 Å². The van der Waals surface area contributed by atoms with Crippen LogP contribution in [-0.4, -0.2) is 21.2 Å². The van der Waals surface area contributed by atoms with Crippen LogP contribution >= 0.6 is 0 Å². The summed E-state index contributed by atoms with van der Waals surface area (Å²) in [6, 6.07) is 1.84. The van der Waals surface area contributed by atoms with Crippen molar-refractivity contribution < 1.29 is 5.11 Å². The second-order valence-corrected chi connectivity index (χ2v) is 2.86. The number of aliphatic hydroxyl groups excluding tert-OH is 1. The van der Waals surface area contributed by atoms with Gasteiger partial charge in [-0.05, 0) is 19.4 Å². The average Bonchev–Trinajstić information content (AvgIpc) is 2.04. The first-order chi connectivity index (χ1) is 5.72. The monoisotopic (exact) mass is 166 g/mol. The van der Waals surface area contributed by atoms with Crippen LogP contribution in [0.1, 0.15) is 24.9 Å². The van der Waals surface area contributed by atoms with E-state index in [-0.39, 0.29) is 6.10 Å². The van der Waals surface area contributed by atoms with Crippen molar-refractivity contribution in [2.45, 2.75) is 32.8 Å². The highest BCUT2D eigenvalue weighted by Gasteiger charge is 2.03. The van der Waals surface area contributed by atoms with Crippen molar-refractivity contribution >= 4 is 0 Å². The van der Waals surface area contributed by atoms with Gasteiger partial charge in [0.2, 0.25) is 0 Å². The summed E-state index contributed by atoms with van der Waals surface area (Å²) in [7, 11) is 0. The van der Waals surface area contributed by atoms with Crippen molar-refractivity contribution in [3.63, 3.8) is 0 Å². The number of aryl methyl sites for hydroxylation is 1. The predicted molar refractivity (Wildman–Crippen MR) is 46.8 cm³/mol. The van der Waals surface area contributed by atoms with Crippen LogP contribution < -0.4 is 0 Å². The molecule has 0 radical (unpaired) electrons. The number of hydrogen-bond acceptors (Lipinski definition) is 3. The zero-order valence-electron chi connectivity index (χ0n) is 7.49. The molecule has 3 heteroatoms. The van der Waals surface area contributed by atoms with Crippen LogP contribution in [0, 0.1) is 6.92 Å². The average molecular weight is 166 g/mol. The standard InChI is InChI=1S/C9H14N2O/c1-3-9(12)6-8-4-5-10-7(2)11-8/h4-5,9,12H,3,6H2,1-2H3. The minimum absolute atomic E-state index is 0.278. The Morgan fingerprint density at radius 2 is 2.33 bits per heavy atom. The van der Waals surface area contributed by atoms with E-state index in [1.807, 2.05) is 19.9 Å². The Balaban J connectivity index is 2.63. The molecule has 0 bridgehead atoms. The summed E-state index contributed by atoms with van der Waals surface area (Å²) < 4.78 is 0. The van der Waals surface area contributed by atoms with Crippen LogP contribution in [0.4, 0.5) is 0 Å². The summed E-state index contributed by atoms with van der Waals surface area (Å²) >= 11 is 0. The number of aromatic nitrogens is 2. The molecule has 0 aliphatic heterocycles. The van der Waals surface area contributed by atoms with Gasteiger partial charge in [0, 0.05) is 18.3 Å². The zero-order valence-corrected chi connectivity index (χ0v) is 7.49. The quantitative estimate of drug-likeness (QED) is 0.731. The van der Waals surface area contributed by atoms with Crippen molar-refractivity contribution in [2.24, 2.45) is 0 Å². The van der Waals surface area contributed by atoms with Crippen molar-refractivity contribution in [2.75, 3.05) is 0 Å². The highest BCUT2D eigenvalue weighted by Crippen LogP contribution is 2.01. The Labute approximate surface area is 72.5 Å². The second-order valence-electron chi connectivity index (χ2n) is 2.86. The van der Waals surface area contributed by atoms with Crippen LogP contribution in [-0.2, 0) is 6.42 Å². The van der Waals surface area contributed by atoms with E-state index in [1.54, 1.807) is 6.20 Å². The van der Waals surface area contributed by atoms with E-state index < -0.39 is 0 Å². The molecule has 0 aliphatic rings. The Hall–Kier alpha value is -0.960. The summed E-state index contributed by atoms with van der Waals surface area (Å²) in [5, 5.41) is 9.34. The minimum atomic E-state index is -0.278. The van der Waals surface area contributed by atoms with Crippen LogP contribution in [0.3, 0.4) is 0 Å². The summed E-state index contributed by atoms with van der Waals surface area (Å²) in [5.74, 6) is 0.760. The number of nitrogens with zero attached hydrogens (tertiary/aromatic N) is 2. The van der Waals surface area contributed by atoms with Crippen molar-refractivity contribution in [3.05, 3.63) is 23.8 Å². The van der Waals surface area contributed by atoms with Gasteiger partial charge in [-0.2, -0.15) is 0 Å². The molecule has 1 unspecified atom stereocenters. The van der Waals surface area contributed by atoms with E-state index in [1.165, 1.54) is 0 Å². The summed E-state index contributed by atoms with van der Waals surface area (Å²) in [4.78, 5) is 8.17. The van der Waals surface area contributed by atoms with E-state index in [0.29, 0.717) is 6.42 Å². The van der Waals surface area contributed by atoms with Gasteiger partial charge in [0.05, 0.1) is 6.10 Å². The Bertz CT molecular complexity index is 250. The largest absolute Gasteiger partial charge is 0.393 e. The van der Waals surface area contributed by atoms with Crippen molar-refractivity contribution in [1.29, 1.82) is 0 Å². The van der Waals surface area contributed by atoms with Gasteiger partial charge < -0.3 is 5.11 Å². The fourth-order valence-electron chi connectivity index (χ4n) is 1.00. The maximum absolute atomic E-state index is 9.34. The molecule has 0 saturated heterocycles. The van der Waals surface area contributed by atoms with Crippen LogP contribution in [0.2, 0.25) is 0 Å². The number of rotatable bonds is 3. The highest BCUT2D eigenvalue weighted by molar-refractivity contribution is 5.02. The van der Waals surface area contributed by atoms with E-state index >= 15 is 0 Å². The van der Waals surface area contributed by atoms with Gasteiger partial charge in [0.25, 0.3) is 0 Å². The first-order valence-electron chi connectivity index (χ1n) is 4.19. The maximum atomic E-state index is 9.34. The summed E-state index contributed by atoms with van der Waals surface area (Å²) in [6.45, 7) is 3.81. The lowest BCUT2D eigenvalue weighted by Gasteiger charge is -2.06. The van der Waals surface area contributed by atoms with E-state index in [2.05, 4.69) is 9.97 Å². The second kappa shape index (κ2) is 4.16. The fourth-order valence-corrected chi connectivity index (χ4v) is 1.00. The highest BCUT2D eigenvalue weighted by atomic mass is 16.3. The Morgan fingerprint density at radius 3 is 2.92 bits per heavy atom. The molecule has 0 aromatic carbocycles. The molecule has 1 atom stereocenters. The van der Waals surface area contributed by atoms with Crippen LogP contribution in [0.15, 0.2) is 12.3 Å². The molecule has 1 heterocycles. The lowest BCUT2D eigenvalue weighted by Crippen LogP contribution is -2.10. The molecule has 1 aromatic heterocycles. The topological polar surface area (TPSA) is 46.0 Å². The molecule has 1 rings (SSSR count). The third kappa shape index (κ3) is 2.58. The van der Waals surface area contributed by atoms with Crippen LogP contribution in [0.25, 0.3) is 0 Å². The molecule has 0 aliphatic carbocycles. The molecule has 0 amide bonds. The molecule has 12 heavy (non-hydrogen) atoms. The van der Waals surface area contributed by atoms with E-state index in [0.717, 1.165) is 17.9 Å². The molecule has 0 fully saturated rings. The van der Waals surface area contributed by atoms with Gasteiger partial charge >= 0.3 is 0 Å². The van der Waals surface area contributed by atoms with Gasteiger partial charge in [0.1, 0.15) is 5.82 Å². The first kappa shape index (κ1) is 9.13. The number of hydrogen-bond donors (Lipinski definition) is 1. The minimum Gasteiger partial charge on any atom is -0.393 e. The molecular weight excluding hydrogens is 152 g/mol.